The zero-order chi connectivity index (χ0) is 13.2. The largest absolute Gasteiger partial charge is 0.497 e. The molecule has 0 fully saturated rings. The minimum Gasteiger partial charge on any atom is -0.497 e. The SMILES string of the molecule is CCOC(=O)CSCCOc1cccc(OC)c1. The molecule has 0 radical (unpaired) electrons. The van der Waals surface area contributed by atoms with Gasteiger partial charge in [-0.2, -0.15) is 0 Å². The summed E-state index contributed by atoms with van der Waals surface area (Å²) >= 11 is 1.50. The van der Waals surface area contributed by atoms with Crippen LogP contribution >= 0.6 is 11.8 Å². The highest BCUT2D eigenvalue weighted by Crippen LogP contribution is 2.18. The Kier molecular flexibility index (Phi) is 7.10. The molecule has 5 heteroatoms. The van der Waals surface area contributed by atoms with Crippen LogP contribution in [0.15, 0.2) is 24.3 Å². The lowest BCUT2D eigenvalue weighted by molar-refractivity contribution is -0.139. The number of carbonyl (C=O) groups is 1. The molecule has 18 heavy (non-hydrogen) atoms. The predicted octanol–water partition coefficient (Wildman–Crippen LogP) is 2.37. The van der Waals surface area contributed by atoms with E-state index in [0.717, 1.165) is 17.3 Å². The van der Waals surface area contributed by atoms with Crippen molar-refractivity contribution in [1.82, 2.24) is 0 Å². The van der Waals surface area contributed by atoms with Crippen LogP contribution in [0.2, 0.25) is 0 Å². The molecular weight excluding hydrogens is 252 g/mol. The molecule has 1 aromatic carbocycles. The van der Waals surface area contributed by atoms with E-state index in [-0.39, 0.29) is 5.97 Å². The van der Waals surface area contributed by atoms with Gasteiger partial charge in [-0.1, -0.05) is 6.07 Å². The summed E-state index contributed by atoms with van der Waals surface area (Å²) in [4.78, 5) is 11.1. The molecule has 0 spiro atoms. The van der Waals surface area contributed by atoms with Gasteiger partial charge < -0.3 is 14.2 Å². The normalized spacial score (nSPS) is 9.89. The smallest absolute Gasteiger partial charge is 0.315 e. The van der Waals surface area contributed by atoms with Crippen LogP contribution in [-0.2, 0) is 9.53 Å². The highest BCUT2D eigenvalue weighted by molar-refractivity contribution is 7.99. The van der Waals surface area contributed by atoms with Crippen LogP contribution in [0.25, 0.3) is 0 Å². The Bertz CT molecular complexity index is 368. The molecule has 0 atom stereocenters. The van der Waals surface area contributed by atoms with Crippen LogP contribution in [0, 0.1) is 0 Å². The third kappa shape index (κ3) is 5.82. The molecule has 0 aliphatic heterocycles. The van der Waals surface area contributed by atoms with E-state index in [0.29, 0.717) is 19.0 Å². The van der Waals surface area contributed by atoms with E-state index in [1.54, 1.807) is 14.0 Å². The van der Waals surface area contributed by atoms with Crippen molar-refractivity contribution in [2.24, 2.45) is 0 Å². The predicted molar refractivity (Wildman–Crippen MR) is 72.4 cm³/mol. The van der Waals surface area contributed by atoms with E-state index in [1.807, 2.05) is 24.3 Å². The van der Waals surface area contributed by atoms with Gasteiger partial charge in [0.1, 0.15) is 11.5 Å². The minimum absolute atomic E-state index is 0.177. The average molecular weight is 270 g/mol. The number of rotatable bonds is 8. The van der Waals surface area contributed by atoms with Gasteiger partial charge in [-0.3, -0.25) is 4.79 Å². The van der Waals surface area contributed by atoms with Crippen molar-refractivity contribution in [3.8, 4) is 11.5 Å². The maximum absolute atomic E-state index is 11.1. The molecule has 0 bridgehead atoms. The molecule has 0 unspecified atom stereocenters. The van der Waals surface area contributed by atoms with Crippen LogP contribution in [0.1, 0.15) is 6.92 Å². The summed E-state index contributed by atoms with van der Waals surface area (Å²) in [5.74, 6) is 2.48. The molecule has 0 aromatic heterocycles. The van der Waals surface area contributed by atoms with Crippen LogP contribution in [-0.4, -0.2) is 37.8 Å². The highest BCUT2D eigenvalue weighted by atomic mass is 32.2. The Balaban J connectivity index is 2.15. The maximum Gasteiger partial charge on any atom is 0.315 e. The molecule has 0 saturated heterocycles. The number of carbonyl (C=O) groups excluding carboxylic acids is 1. The van der Waals surface area contributed by atoms with Crippen LogP contribution in [0.3, 0.4) is 0 Å². The summed E-state index contributed by atoms with van der Waals surface area (Å²) in [6.07, 6.45) is 0. The second-order valence-corrected chi connectivity index (χ2v) is 4.49. The standard InChI is InChI=1S/C13H18O4S/c1-3-16-13(14)10-18-8-7-17-12-6-4-5-11(9-12)15-2/h4-6,9H,3,7-8,10H2,1-2H3. The van der Waals surface area contributed by atoms with Gasteiger partial charge in [0.25, 0.3) is 0 Å². The Morgan fingerprint density at radius 1 is 1.33 bits per heavy atom. The Morgan fingerprint density at radius 3 is 2.83 bits per heavy atom. The summed E-state index contributed by atoms with van der Waals surface area (Å²) in [6.45, 7) is 2.78. The number of benzene rings is 1. The Hall–Kier alpha value is -1.36. The van der Waals surface area contributed by atoms with Gasteiger partial charge in [-0.05, 0) is 19.1 Å². The fourth-order valence-electron chi connectivity index (χ4n) is 1.27. The summed E-state index contributed by atoms with van der Waals surface area (Å²) < 4.78 is 15.5. The molecule has 0 amide bonds. The summed E-state index contributed by atoms with van der Waals surface area (Å²) in [7, 11) is 1.62. The van der Waals surface area contributed by atoms with Crippen molar-refractivity contribution in [2.75, 3.05) is 31.8 Å². The number of esters is 1. The van der Waals surface area contributed by atoms with Crippen molar-refractivity contribution in [1.29, 1.82) is 0 Å². The lowest BCUT2D eigenvalue weighted by Gasteiger charge is -2.07. The van der Waals surface area contributed by atoms with E-state index in [1.165, 1.54) is 11.8 Å². The van der Waals surface area contributed by atoms with Crippen LogP contribution in [0.5, 0.6) is 11.5 Å². The topological polar surface area (TPSA) is 44.8 Å². The van der Waals surface area contributed by atoms with Gasteiger partial charge in [0.05, 0.1) is 26.1 Å². The quantitative estimate of drug-likeness (QED) is 0.536. The van der Waals surface area contributed by atoms with Gasteiger partial charge >= 0.3 is 5.97 Å². The zero-order valence-corrected chi connectivity index (χ0v) is 11.5. The van der Waals surface area contributed by atoms with Gasteiger partial charge in [0.2, 0.25) is 0 Å². The van der Waals surface area contributed by atoms with Crippen LogP contribution < -0.4 is 9.47 Å². The summed E-state index contributed by atoms with van der Waals surface area (Å²) in [5.41, 5.74) is 0. The van der Waals surface area contributed by atoms with Crippen LogP contribution in [0.4, 0.5) is 0 Å². The van der Waals surface area contributed by atoms with Gasteiger partial charge in [-0.25, -0.2) is 0 Å². The third-order valence-corrected chi connectivity index (χ3v) is 2.96. The molecule has 0 heterocycles. The Labute approximate surface area is 112 Å². The number of hydrogen-bond donors (Lipinski definition) is 0. The van der Waals surface area contributed by atoms with E-state index < -0.39 is 0 Å². The van der Waals surface area contributed by atoms with E-state index >= 15 is 0 Å². The van der Waals surface area contributed by atoms with E-state index in [9.17, 15) is 4.79 Å². The number of thioether (sulfide) groups is 1. The number of methoxy groups -OCH3 is 1. The second-order valence-electron chi connectivity index (χ2n) is 3.39. The van der Waals surface area contributed by atoms with Crippen molar-refractivity contribution in [2.45, 2.75) is 6.92 Å². The number of hydrogen-bond acceptors (Lipinski definition) is 5. The molecule has 4 nitrogen and oxygen atoms in total. The van der Waals surface area contributed by atoms with Crippen molar-refractivity contribution in [3.05, 3.63) is 24.3 Å². The highest BCUT2D eigenvalue weighted by Gasteiger charge is 2.01. The maximum atomic E-state index is 11.1. The molecule has 0 aliphatic rings. The first kappa shape index (κ1) is 14.7. The van der Waals surface area contributed by atoms with Gasteiger partial charge in [0, 0.05) is 11.8 Å². The summed E-state index contributed by atoms with van der Waals surface area (Å²) in [6, 6.07) is 7.44. The second kappa shape index (κ2) is 8.69. The first-order valence-electron chi connectivity index (χ1n) is 5.76. The molecule has 1 rings (SSSR count). The van der Waals surface area contributed by atoms with Crippen molar-refractivity contribution in [3.63, 3.8) is 0 Å². The summed E-state index contributed by atoms with van der Waals surface area (Å²) in [5, 5.41) is 0. The average Bonchev–Trinajstić information content (AvgIpc) is 2.39. The fraction of sp³-hybridized carbons (Fsp3) is 0.462. The van der Waals surface area contributed by atoms with Crippen molar-refractivity contribution >= 4 is 17.7 Å². The van der Waals surface area contributed by atoms with Crippen molar-refractivity contribution < 1.29 is 19.0 Å². The molecular formula is C13H18O4S. The Morgan fingerprint density at radius 2 is 2.11 bits per heavy atom. The first-order valence-corrected chi connectivity index (χ1v) is 6.92. The molecule has 100 valence electrons. The molecule has 1 aromatic rings. The van der Waals surface area contributed by atoms with Gasteiger partial charge in [0.15, 0.2) is 0 Å². The molecule has 0 saturated carbocycles. The monoisotopic (exact) mass is 270 g/mol. The minimum atomic E-state index is -0.177. The van der Waals surface area contributed by atoms with E-state index in [2.05, 4.69) is 0 Å². The van der Waals surface area contributed by atoms with Gasteiger partial charge in [-0.15, -0.1) is 11.8 Å². The zero-order valence-electron chi connectivity index (χ0n) is 10.7. The first-order chi connectivity index (χ1) is 8.76. The molecule has 0 N–H and O–H groups in total. The number of ether oxygens (including phenoxy) is 3. The third-order valence-electron chi connectivity index (χ3n) is 2.06. The van der Waals surface area contributed by atoms with E-state index in [4.69, 9.17) is 14.2 Å². The lowest BCUT2D eigenvalue weighted by Crippen LogP contribution is -2.09. The molecule has 0 aliphatic carbocycles. The lowest BCUT2D eigenvalue weighted by atomic mass is 10.3. The fourth-order valence-corrected chi connectivity index (χ4v) is 1.86.